The molecule has 2 N–H and O–H groups in total. The fourth-order valence-electron chi connectivity index (χ4n) is 2.16. The molecule has 100 valence electrons. The lowest BCUT2D eigenvalue weighted by Crippen LogP contribution is -2.45. The van der Waals surface area contributed by atoms with Crippen molar-refractivity contribution < 1.29 is 23.1 Å². The van der Waals surface area contributed by atoms with Crippen molar-refractivity contribution in [1.29, 1.82) is 0 Å². The maximum atomic E-state index is 12.3. The molecule has 0 aromatic heterocycles. The van der Waals surface area contributed by atoms with Crippen molar-refractivity contribution in [2.45, 2.75) is 38.8 Å². The van der Waals surface area contributed by atoms with Crippen molar-refractivity contribution >= 4 is 5.97 Å². The fourth-order valence-corrected chi connectivity index (χ4v) is 2.16. The Kier molecular flexibility index (Phi) is 4.41. The average molecular weight is 253 g/mol. The van der Waals surface area contributed by atoms with Crippen LogP contribution in [0.5, 0.6) is 0 Å². The highest BCUT2D eigenvalue weighted by molar-refractivity contribution is 5.71. The molecule has 17 heavy (non-hydrogen) atoms. The third-order valence-corrected chi connectivity index (χ3v) is 3.71. The number of carboxylic acids is 1. The van der Waals surface area contributed by atoms with Crippen LogP contribution in [-0.4, -0.2) is 30.3 Å². The zero-order chi connectivity index (χ0) is 13.1. The molecule has 0 aromatic carbocycles. The topological polar surface area (TPSA) is 49.3 Å². The van der Waals surface area contributed by atoms with E-state index < -0.39 is 24.6 Å². The summed E-state index contributed by atoms with van der Waals surface area (Å²) < 4.78 is 37.0. The Morgan fingerprint density at radius 3 is 2.35 bits per heavy atom. The zero-order valence-corrected chi connectivity index (χ0v) is 9.81. The lowest BCUT2D eigenvalue weighted by Gasteiger charge is -2.41. The van der Waals surface area contributed by atoms with Gasteiger partial charge in [-0.1, -0.05) is 13.3 Å². The van der Waals surface area contributed by atoms with Crippen LogP contribution in [0.1, 0.15) is 32.6 Å². The molecule has 1 saturated carbocycles. The van der Waals surface area contributed by atoms with Crippen LogP contribution in [0.25, 0.3) is 0 Å². The molecule has 0 aliphatic heterocycles. The second kappa shape index (κ2) is 5.25. The van der Waals surface area contributed by atoms with Crippen molar-refractivity contribution in [2.24, 2.45) is 11.3 Å². The number of alkyl halides is 3. The summed E-state index contributed by atoms with van der Waals surface area (Å²) in [6.07, 6.45) is -0.626. The van der Waals surface area contributed by atoms with Gasteiger partial charge in [0.05, 0.1) is 0 Å². The number of nitrogens with one attached hydrogen (secondary N) is 1. The summed E-state index contributed by atoms with van der Waals surface area (Å²) in [6, 6.07) is 0. The van der Waals surface area contributed by atoms with Crippen LogP contribution in [0.15, 0.2) is 0 Å². The molecule has 0 saturated heterocycles. The van der Waals surface area contributed by atoms with Crippen molar-refractivity contribution in [1.82, 2.24) is 5.32 Å². The summed E-state index contributed by atoms with van der Waals surface area (Å²) in [6.45, 7) is 1.95. The van der Waals surface area contributed by atoms with E-state index in [1.165, 1.54) is 0 Å². The number of carboxylic acid groups (broad SMARTS) is 1. The summed E-state index contributed by atoms with van der Waals surface area (Å²) in [7, 11) is 0. The number of rotatable bonds is 6. The van der Waals surface area contributed by atoms with Gasteiger partial charge in [-0.3, -0.25) is 4.79 Å². The summed E-state index contributed by atoms with van der Waals surface area (Å²) in [5, 5.41) is 11.2. The van der Waals surface area contributed by atoms with Gasteiger partial charge in [-0.05, 0) is 24.7 Å². The SMILES string of the molecule is CCC1(CNCC(C(=O)O)C(F)(F)F)CCC1. The highest BCUT2D eigenvalue weighted by Crippen LogP contribution is 2.43. The summed E-state index contributed by atoms with van der Waals surface area (Å²) in [5.41, 5.74) is 0.0919. The Hall–Kier alpha value is -0.780. The van der Waals surface area contributed by atoms with Crippen LogP contribution in [-0.2, 0) is 4.79 Å². The van der Waals surface area contributed by atoms with Gasteiger partial charge >= 0.3 is 12.1 Å². The third kappa shape index (κ3) is 3.59. The molecule has 0 radical (unpaired) electrons. The molecule has 1 fully saturated rings. The fraction of sp³-hybridized carbons (Fsp3) is 0.909. The first-order valence-electron chi connectivity index (χ1n) is 5.81. The van der Waals surface area contributed by atoms with Crippen LogP contribution in [0.4, 0.5) is 13.2 Å². The monoisotopic (exact) mass is 253 g/mol. The van der Waals surface area contributed by atoms with E-state index in [4.69, 9.17) is 5.11 Å². The molecule has 1 aliphatic carbocycles. The minimum Gasteiger partial charge on any atom is -0.481 e. The van der Waals surface area contributed by atoms with Crippen molar-refractivity contribution in [3.05, 3.63) is 0 Å². The van der Waals surface area contributed by atoms with E-state index in [-0.39, 0.29) is 5.41 Å². The van der Waals surface area contributed by atoms with Crippen molar-refractivity contribution in [2.75, 3.05) is 13.1 Å². The summed E-state index contributed by atoms with van der Waals surface area (Å²) >= 11 is 0. The Labute approximate surface area is 98.4 Å². The first-order chi connectivity index (χ1) is 7.81. The second-order valence-corrected chi connectivity index (χ2v) is 4.77. The van der Waals surface area contributed by atoms with Gasteiger partial charge < -0.3 is 10.4 Å². The lowest BCUT2D eigenvalue weighted by molar-refractivity contribution is -0.192. The summed E-state index contributed by atoms with van der Waals surface area (Å²) in [4.78, 5) is 10.5. The molecular weight excluding hydrogens is 235 g/mol. The van der Waals surface area contributed by atoms with Gasteiger partial charge in [0.2, 0.25) is 0 Å². The Bertz CT molecular complexity index is 269. The largest absolute Gasteiger partial charge is 0.481 e. The molecule has 1 rings (SSSR count). The number of aliphatic carboxylic acids is 1. The van der Waals surface area contributed by atoms with Gasteiger partial charge in [0.1, 0.15) is 0 Å². The van der Waals surface area contributed by atoms with Crippen LogP contribution < -0.4 is 5.32 Å². The maximum absolute atomic E-state index is 12.3. The number of hydrogen-bond acceptors (Lipinski definition) is 2. The molecule has 1 atom stereocenters. The Balaban J connectivity index is 2.40. The molecule has 0 bridgehead atoms. The Morgan fingerprint density at radius 1 is 1.47 bits per heavy atom. The van der Waals surface area contributed by atoms with Crippen molar-refractivity contribution in [3.8, 4) is 0 Å². The zero-order valence-electron chi connectivity index (χ0n) is 9.81. The molecule has 0 heterocycles. The minimum absolute atomic E-state index is 0.0919. The predicted molar refractivity (Wildman–Crippen MR) is 56.6 cm³/mol. The maximum Gasteiger partial charge on any atom is 0.403 e. The number of halogens is 3. The highest BCUT2D eigenvalue weighted by atomic mass is 19.4. The van der Waals surface area contributed by atoms with E-state index in [1.54, 1.807) is 0 Å². The minimum atomic E-state index is -4.68. The molecule has 0 amide bonds. The third-order valence-electron chi connectivity index (χ3n) is 3.71. The molecule has 3 nitrogen and oxygen atoms in total. The molecule has 1 unspecified atom stereocenters. The first kappa shape index (κ1) is 14.3. The normalized spacial score (nSPS) is 20.7. The van der Waals surface area contributed by atoms with Gasteiger partial charge in [0.25, 0.3) is 0 Å². The Morgan fingerprint density at radius 2 is 2.06 bits per heavy atom. The van der Waals surface area contributed by atoms with Crippen LogP contribution in [0.3, 0.4) is 0 Å². The molecule has 0 aromatic rings. The van der Waals surface area contributed by atoms with Gasteiger partial charge in [-0.2, -0.15) is 13.2 Å². The summed E-state index contributed by atoms with van der Waals surface area (Å²) in [5.74, 6) is -4.12. The van der Waals surface area contributed by atoms with Crippen molar-refractivity contribution in [3.63, 3.8) is 0 Å². The van der Waals surface area contributed by atoms with Gasteiger partial charge in [0.15, 0.2) is 5.92 Å². The second-order valence-electron chi connectivity index (χ2n) is 4.77. The van der Waals surface area contributed by atoms with E-state index in [9.17, 15) is 18.0 Å². The van der Waals surface area contributed by atoms with Gasteiger partial charge in [-0.25, -0.2) is 0 Å². The average Bonchev–Trinajstić information content (AvgIpc) is 2.13. The number of carbonyl (C=O) groups is 1. The lowest BCUT2D eigenvalue weighted by atomic mass is 9.67. The molecule has 0 spiro atoms. The molecular formula is C11H18F3NO2. The number of hydrogen-bond donors (Lipinski definition) is 2. The standard InChI is InChI=1S/C11H18F3NO2/c1-2-10(4-3-5-10)7-15-6-8(9(16)17)11(12,13)14/h8,15H,2-7H2,1H3,(H,16,17). The van der Waals surface area contributed by atoms with E-state index in [0.29, 0.717) is 6.54 Å². The van der Waals surface area contributed by atoms with Crippen LogP contribution in [0.2, 0.25) is 0 Å². The van der Waals surface area contributed by atoms with Gasteiger partial charge in [-0.15, -0.1) is 0 Å². The first-order valence-corrected chi connectivity index (χ1v) is 5.81. The van der Waals surface area contributed by atoms with Crippen LogP contribution >= 0.6 is 0 Å². The van der Waals surface area contributed by atoms with E-state index in [2.05, 4.69) is 5.32 Å². The highest BCUT2D eigenvalue weighted by Gasteiger charge is 2.45. The quantitative estimate of drug-likeness (QED) is 0.764. The van der Waals surface area contributed by atoms with E-state index >= 15 is 0 Å². The van der Waals surface area contributed by atoms with Gasteiger partial charge in [0, 0.05) is 13.1 Å². The smallest absolute Gasteiger partial charge is 0.403 e. The predicted octanol–water partition coefficient (Wildman–Crippen LogP) is 2.42. The molecule has 6 heteroatoms. The van der Waals surface area contributed by atoms with E-state index in [1.807, 2.05) is 6.92 Å². The molecule has 1 aliphatic rings. The van der Waals surface area contributed by atoms with E-state index in [0.717, 1.165) is 25.7 Å². The van der Waals surface area contributed by atoms with Crippen LogP contribution in [0, 0.1) is 11.3 Å².